The normalized spacial score (nSPS) is 14.6. The van der Waals surface area contributed by atoms with Crippen molar-refractivity contribution in [3.63, 3.8) is 0 Å². The van der Waals surface area contributed by atoms with Gasteiger partial charge in [-0.25, -0.2) is 9.13 Å². The average molecular weight is 1490 g/mol. The molecule has 5 atom stereocenters. The van der Waals surface area contributed by atoms with E-state index in [4.69, 9.17) is 32.3 Å². The zero-order chi connectivity index (χ0) is 75.2. The van der Waals surface area contributed by atoms with Gasteiger partial charge in [0.05, 0.1) is 26.4 Å². The number of rotatable bonds is 77. The summed E-state index contributed by atoms with van der Waals surface area (Å²) in [6.07, 6.45) is 92.4. The van der Waals surface area contributed by atoms with Crippen LogP contribution in [0.5, 0.6) is 0 Å². The summed E-state index contributed by atoms with van der Waals surface area (Å²) >= 11 is 0. The van der Waals surface area contributed by atoms with Crippen LogP contribution in [0.1, 0.15) is 342 Å². The molecule has 103 heavy (non-hydrogen) atoms. The van der Waals surface area contributed by atoms with E-state index < -0.39 is 91.5 Å². The summed E-state index contributed by atoms with van der Waals surface area (Å²) in [5.41, 5.74) is 0. The fraction of sp³-hybridized carbons (Fsp3) is 0.729. The van der Waals surface area contributed by atoms with Gasteiger partial charge < -0.3 is 34.2 Å². The highest BCUT2D eigenvalue weighted by Gasteiger charge is 2.29. The number of aliphatic hydroxyl groups excluding tert-OH is 2. The number of hydrogen-bond acceptors (Lipinski definition) is 14. The minimum Gasteiger partial charge on any atom is -0.463 e. The van der Waals surface area contributed by atoms with E-state index in [1.807, 2.05) is 0 Å². The highest BCUT2D eigenvalue weighted by Crippen LogP contribution is 2.45. The molecule has 0 heterocycles. The van der Waals surface area contributed by atoms with Crippen molar-refractivity contribution in [2.45, 2.75) is 360 Å². The van der Waals surface area contributed by atoms with Crippen molar-refractivity contribution in [3.8, 4) is 0 Å². The van der Waals surface area contributed by atoms with E-state index in [9.17, 15) is 43.5 Å². The van der Waals surface area contributed by atoms with Crippen molar-refractivity contribution in [2.75, 3.05) is 39.6 Å². The number of allylic oxidation sites excluding steroid dienone is 20. The molecule has 0 amide bonds. The Kier molecular flexibility index (Phi) is 74.5. The third-order valence-corrected chi connectivity index (χ3v) is 19.0. The quantitative estimate of drug-likeness (QED) is 0.0146. The second-order valence-corrected chi connectivity index (χ2v) is 30.1. The second-order valence-electron chi connectivity index (χ2n) is 27.2. The third-order valence-electron chi connectivity index (χ3n) is 17.1. The van der Waals surface area contributed by atoms with Gasteiger partial charge in [-0.15, -0.1) is 0 Å². The second kappa shape index (κ2) is 77.6. The van der Waals surface area contributed by atoms with Crippen LogP contribution in [0, 0.1) is 0 Å². The van der Waals surface area contributed by atoms with Crippen molar-refractivity contribution in [2.24, 2.45) is 0 Å². The number of esters is 3. The molecular formula is C85H148O16P2. The summed E-state index contributed by atoms with van der Waals surface area (Å²) in [6, 6.07) is 0. The zero-order valence-corrected chi connectivity index (χ0v) is 66.7. The Hall–Kier alpha value is -4.05. The van der Waals surface area contributed by atoms with Gasteiger partial charge in [-0.05, 0) is 135 Å². The molecule has 0 aliphatic heterocycles. The Morgan fingerprint density at radius 2 is 0.515 bits per heavy atom. The highest BCUT2D eigenvalue weighted by molar-refractivity contribution is 7.47. The average Bonchev–Trinajstić information content (AvgIpc) is 0.917. The van der Waals surface area contributed by atoms with Gasteiger partial charge in [0.2, 0.25) is 0 Å². The van der Waals surface area contributed by atoms with E-state index in [0.717, 1.165) is 161 Å². The van der Waals surface area contributed by atoms with Crippen LogP contribution in [0.2, 0.25) is 0 Å². The maximum absolute atomic E-state index is 13.0. The highest BCUT2D eigenvalue weighted by atomic mass is 31.2. The third kappa shape index (κ3) is 78.8. The van der Waals surface area contributed by atoms with Gasteiger partial charge in [0.1, 0.15) is 25.4 Å². The molecular weight excluding hydrogens is 1340 g/mol. The maximum atomic E-state index is 13.0. The van der Waals surface area contributed by atoms with Crippen molar-refractivity contribution in [3.05, 3.63) is 122 Å². The summed E-state index contributed by atoms with van der Waals surface area (Å²) in [4.78, 5) is 58.7. The van der Waals surface area contributed by atoms with Crippen molar-refractivity contribution >= 4 is 33.6 Å². The van der Waals surface area contributed by atoms with E-state index in [0.29, 0.717) is 19.3 Å². The van der Waals surface area contributed by atoms with Gasteiger partial charge in [0, 0.05) is 19.3 Å². The number of carbonyl (C=O) groups excluding carboxylic acids is 3. The monoisotopic (exact) mass is 1490 g/mol. The SMILES string of the molecule is CC/C=C\C/C=C\C/C=C\C/C=C\C/C=C\CCCCCCCCCC(=O)OCC(COP(=O)(O)OCC(O)COP(=O)(O)OCC(O)COC(=O)CCCCCCCCCCCCCCC/C=C\C/C=C\C/C=C\C/C=C\CCCCC)OC(=O)CCCCCCC/C=C\CCCCCCCC. The molecule has 0 rings (SSSR count). The number of phosphoric ester groups is 2. The van der Waals surface area contributed by atoms with Gasteiger partial charge in [0.15, 0.2) is 6.10 Å². The first-order valence-corrected chi connectivity index (χ1v) is 43.8. The van der Waals surface area contributed by atoms with Crippen LogP contribution in [0.4, 0.5) is 0 Å². The molecule has 0 aliphatic rings. The molecule has 0 aromatic rings. The lowest BCUT2D eigenvalue weighted by Gasteiger charge is -2.21. The Morgan fingerprint density at radius 3 is 0.845 bits per heavy atom. The summed E-state index contributed by atoms with van der Waals surface area (Å²) in [5, 5.41) is 20.7. The molecule has 0 aromatic carbocycles. The molecule has 0 spiro atoms. The Balaban J connectivity index is 4.54. The fourth-order valence-electron chi connectivity index (χ4n) is 10.9. The molecule has 18 heteroatoms. The lowest BCUT2D eigenvalue weighted by molar-refractivity contribution is -0.161. The number of aliphatic hydroxyl groups is 2. The number of carbonyl (C=O) groups is 3. The van der Waals surface area contributed by atoms with E-state index in [-0.39, 0.29) is 19.3 Å². The molecule has 0 saturated heterocycles. The zero-order valence-electron chi connectivity index (χ0n) is 65.0. The van der Waals surface area contributed by atoms with Gasteiger partial charge in [-0.3, -0.25) is 32.5 Å². The summed E-state index contributed by atoms with van der Waals surface area (Å²) in [5.74, 6) is -1.59. The van der Waals surface area contributed by atoms with Crippen LogP contribution in [-0.2, 0) is 55.8 Å². The number of ether oxygens (including phenoxy) is 3. The minimum absolute atomic E-state index is 0.0908. The molecule has 0 aliphatic carbocycles. The topological polar surface area (TPSA) is 231 Å². The molecule has 594 valence electrons. The first-order chi connectivity index (χ1) is 50.2. The standard InChI is InChI=1S/C85H148O16P2/c1-4-7-10-13-16-19-22-25-28-30-32-34-36-37-38-39-40-41-43-45-46-48-51-53-56-59-62-65-68-71-83(88)95-74-80(86)75-97-102(91,92)98-76-81(87)77-99-103(93,94)100-79-82(101-85(90)73-70-67-64-61-58-55-50-27-24-21-18-15-12-9-6-3)78-96-84(89)72-69-66-63-60-57-54-52-49-47-44-42-35-33-31-29-26-23-20-17-14-11-8-5-2/h8,11,16-17,19-20,25-29,32-35,37-38,44,47,50,80-82,86-87H,4-7,9-10,12-15,18,21-24,30-31,36,39-43,45-46,48-49,51-79H2,1-3H3,(H,91,92)(H,93,94)/b11-8-,19-16-,20-17-,28-25-,29-26-,34-32-,35-33-,38-37-,47-44-,50-27-. The minimum atomic E-state index is -4.94. The predicted octanol–water partition coefficient (Wildman–Crippen LogP) is 24.1. The largest absolute Gasteiger partial charge is 0.472 e. The van der Waals surface area contributed by atoms with Crippen molar-refractivity contribution < 1.29 is 75.8 Å². The smallest absolute Gasteiger partial charge is 0.463 e. The van der Waals surface area contributed by atoms with Gasteiger partial charge in [-0.2, -0.15) is 0 Å². The van der Waals surface area contributed by atoms with E-state index in [2.05, 4.69) is 142 Å². The van der Waals surface area contributed by atoms with Gasteiger partial charge in [0.25, 0.3) is 0 Å². The van der Waals surface area contributed by atoms with Gasteiger partial charge in [-0.1, -0.05) is 309 Å². The molecule has 0 fully saturated rings. The van der Waals surface area contributed by atoms with Crippen LogP contribution in [0.3, 0.4) is 0 Å². The van der Waals surface area contributed by atoms with Crippen LogP contribution >= 0.6 is 15.6 Å². The van der Waals surface area contributed by atoms with Crippen molar-refractivity contribution in [1.29, 1.82) is 0 Å². The summed E-state index contributed by atoms with van der Waals surface area (Å²) < 4.78 is 61.2. The van der Waals surface area contributed by atoms with Gasteiger partial charge >= 0.3 is 33.6 Å². The Labute approximate surface area is 627 Å². The fourth-order valence-corrected chi connectivity index (χ4v) is 12.5. The molecule has 0 bridgehead atoms. The Bertz CT molecular complexity index is 2360. The molecule has 5 unspecified atom stereocenters. The molecule has 0 saturated carbocycles. The first kappa shape index (κ1) is 98.9. The lowest BCUT2D eigenvalue weighted by Crippen LogP contribution is -2.30. The predicted molar refractivity (Wildman–Crippen MR) is 427 cm³/mol. The molecule has 16 nitrogen and oxygen atoms in total. The molecule has 0 radical (unpaired) electrons. The van der Waals surface area contributed by atoms with Crippen LogP contribution in [0.15, 0.2) is 122 Å². The van der Waals surface area contributed by atoms with E-state index in [1.165, 1.54) is 122 Å². The number of hydrogen-bond donors (Lipinski definition) is 4. The maximum Gasteiger partial charge on any atom is 0.472 e. The summed E-state index contributed by atoms with van der Waals surface area (Å²) in [6.45, 7) is 2.54. The summed E-state index contributed by atoms with van der Waals surface area (Å²) in [7, 11) is -9.80. The van der Waals surface area contributed by atoms with Crippen LogP contribution < -0.4 is 0 Å². The molecule has 0 aromatic heterocycles. The lowest BCUT2D eigenvalue weighted by atomic mass is 10.0. The molecule has 4 N–H and O–H groups in total. The van der Waals surface area contributed by atoms with E-state index in [1.54, 1.807) is 0 Å². The van der Waals surface area contributed by atoms with Crippen molar-refractivity contribution in [1.82, 2.24) is 0 Å². The number of unbranched alkanes of at least 4 members (excludes halogenated alkanes) is 34. The van der Waals surface area contributed by atoms with Crippen LogP contribution in [-0.4, -0.2) is 95.9 Å². The van der Waals surface area contributed by atoms with E-state index >= 15 is 0 Å². The van der Waals surface area contributed by atoms with Crippen LogP contribution in [0.25, 0.3) is 0 Å². The first-order valence-electron chi connectivity index (χ1n) is 40.8. The Morgan fingerprint density at radius 1 is 0.282 bits per heavy atom. The number of phosphoric acid groups is 2.